The van der Waals surface area contributed by atoms with E-state index in [1.165, 1.54) is 16.4 Å². The third-order valence-corrected chi connectivity index (χ3v) is 6.48. The number of sulfonamides is 1. The van der Waals surface area contributed by atoms with Gasteiger partial charge in [0.2, 0.25) is 15.9 Å². The maximum Gasteiger partial charge on any atom is 0.243 e. The van der Waals surface area contributed by atoms with Crippen molar-refractivity contribution in [2.24, 2.45) is 5.92 Å². The van der Waals surface area contributed by atoms with Crippen LogP contribution in [-0.4, -0.2) is 49.7 Å². The van der Waals surface area contributed by atoms with Crippen molar-refractivity contribution in [1.29, 1.82) is 0 Å². The van der Waals surface area contributed by atoms with Crippen molar-refractivity contribution in [3.63, 3.8) is 0 Å². The Labute approximate surface area is 149 Å². The highest BCUT2D eigenvalue weighted by Crippen LogP contribution is 2.20. The summed E-state index contributed by atoms with van der Waals surface area (Å²) in [6.45, 7) is 5.71. The molecule has 0 atom stereocenters. The summed E-state index contributed by atoms with van der Waals surface area (Å²) in [6.07, 6.45) is 2.60. The molecule has 1 amide bonds. The quantitative estimate of drug-likeness (QED) is 0.771. The van der Waals surface area contributed by atoms with Crippen molar-refractivity contribution >= 4 is 27.5 Å². The minimum atomic E-state index is -3.70. The number of hydrogen-bond donors (Lipinski definition) is 0. The zero-order valence-electron chi connectivity index (χ0n) is 14.2. The second-order valence-corrected chi connectivity index (χ2v) is 8.73. The molecule has 1 fully saturated rings. The van der Waals surface area contributed by atoms with Gasteiger partial charge in [-0.1, -0.05) is 25.4 Å². The Hall–Kier alpha value is -1.11. The van der Waals surface area contributed by atoms with Crippen molar-refractivity contribution in [2.45, 2.75) is 38.0 Å². The summed E-state index contributed by atoms with van der Waals surface area (Å²) >= 11 is 5.83. The van der Waals surface area contributed by atoms with Gasteiger partial charge in [0.15, 0.2) is 0 Å². The van der Waals surface area contributed by atoms with Crippen LogP contribution in [-0.2, 0) is 14.8 Å². The SMILES string of the molecule is CCCN(CC(=O)N1CCC(C)CC1)S(=O)(=O)c1ccc(Cl)cc1. The van der Waals surface area contributed by atoms with E-state index >= 15 is 0 Å². The first kappa shape index (κ1) is 19.2. The molecule has 134 valence electrons. The summed E-state index contributed by atoms with van der Waals surface area (Å²) in [6, 6.07) is 6.06. The fourth-order valence-corrected chi connectivity index (χ4v) is 4.41. The number of nitrogens with zero attached hydrogens (tertiary/aromatic N) is 2. The molecule has 0 unspecified atom stereocenters. The van der Waals surface area contributed by atoms with Crippen molar-refractivity contribution in [2.75, 3.05) is 26.2 Å². The molecule has 0 N–H and O–H groups in total. The lowest BCUT2D eigenvalue weighted by Crippen LogP contribution is -2.45. The fourth-order valence-electron chi connectivity index (χ4n) is 2.80. The fraction of sp³-hybridized carbons (Fsp3) is 0.588. The summed E-state index contributed by atoms with van der Waals surface area (Å²) in [4.78, 5) is 14.5. The van der Waals surface area contributed by atoms with Crippen LogP contribution >= 0.6 is 11.6 Å². The Morgan fingerprint density at radius 1 is 1.25 bits per heavy atom. The van der Waals surface area contributed by atoms with Crippen LogP contribution in [0.25, 0.3) is 0 Å². The lowest BCUT2D eigenvalue weighted by molar-refractivity contribution is -0.132. The Balaban J connectivity index is 2.13. The molecule has 0 aliphatic carbocycles. The number of rotatable bonds is 6. The molecule has 0 spiro atoms. The molecule has 0 aromatic heterocycles. The van der Waals surface area contributed by atoms with E-state index in [1.807, 2.05) is 6.92 Å². The van der Waals surface area contributed by atoms with Gasteiger partial charge >= 0.3 is 0 Å². The van der Waals surface area contributed by atoms with Crippen LogP contribution in [0, 0.1) is 5.92 Å². The first-order valence-corrected chi connectivity index (χ1v) is 10.2. The molecule has 5 nitrogen and oxygen atoms in total. The molecule has 1 heterocycles. The van der Waals surface area contributed by atoms with Gasteiger partial charge in [-0.25, -0.2) is 8.42 Å². The number of halogens is 1. The van der Waals surface area contributed by atoms with Gasteiger partial charge in [-0.2, -0.15) is 4.31 Å². The molecule has 0 bridgehead atoms. The van der Waals surface area contributed by atoms with E-state index < -0.39 is 10.0 Å². The number of likely N-dealkylation sites (tertiary alicyclic amines) is 1. The van der Waals surface area contributed by atoms with Gasteiger partial charge in [0, 0.05) is 24.7 Å². The summed E-state index contributed by atoms with van der Waals surface area (Å²) in [5.74, 6) is 0.506. The van der Waals surface area contributed by atoms with Gasteiger partial charge in [0.1, 0.15) is 0 Å². The number of amides is 1. The van der Waals surface area contributed by atoms with Crippen LogP contribution in [0.2, 0.25) is 5.02 Å². The van der Waals surface area contributed by atoms with Crippen molar-refractivity contribution in [3.8, 4) is 0 Å². The topological polar surface area (TPSA) is 57.7 Å². The maximum absolute atomic E-state index is 12.8. The molecule has 0 radical (unpaired) electrons. The molecule has 24 heavy (non-hydrogen) atoms. The zero-order chi connectivity index (χ0) is 17.7. The lowest BCUT2D eigenvalue weighted by atomic mass is 9.99. The summed E-state index contributed by atoms with van der Waals surface area (Å²) < 4.78 is 26.9. The summed E-state index contributed by atoms with van der Waals surface area (Å²) in [5.41, 5.74) is 0. The first-order chi connectivity index (χ1) is 11.3. The normalized spacial score (nSPS) is 16.6. The van der Waals surface area contributed by atoms with E-state index in [0.717, 1.165) is 12.8 Å². The van der Waals surface area contributed by atoms with Crippen LogP contribution in [0.5, 0.6) is 0 Å². The standard InChI is InChI=1S/C17H25ClN2O3S/c1-3-10-20(13-17(21)19-11-8-14(2)9-12-19)24(22,23)16-6-4-15(18)5-7-16/h4-7,14H,3,8-13H2,1-2H3. The highest BCUT2D eigenvalue weighted by Gasteiger charge is 2.29. The van der Waals surface area contributed by atoms with Gasteiger partial charge in [-0.05, 0) is 49.4 Å². The largest absolute Gasteiger partial charge is 0.342 e. The van der Waals surface area contributed by atoms with Crippen LogP contribution < -0.4 is 0 Å². The van der Waals surface area contributed by atoms with E-state index in [2.05, 4.69) is 6.92 Å². The summed E-state index contributed by atoms with van der Waals surface area (Å²) in [5, 5.41) is 0.481. The number of carbonyl (C=O) groups excluding carboxylic acids is 1. The Bertz CT molecular complexity index is 653. The predicted octanol–water partition coefficient (Wildman–Crippen LogP) is 3.00. The second kappa shape index (κ2) is 8.32. The Kier molecular flexibility index (Phi) is 6.66. The maximum atomic E-state index is 12.8. The molecule has 7 heteroatoms. The average molecular weight is 373 g/mol. The molecule has 1 aromatic carbocycles. The van der Waals surface area contributed by atoms with E-state index in [0.29, 0.717) is 37.0 Å². The molecule has 1 saturated heterocycles. The molecular formula is C17H25ClN2O3S. The Morgan fingerprint density at radius 3 is 2.38 bits per heavy atom. The van der Waals surface area contributed by atoms with Gasteiger partial charge in [-0.15, -0.1) is 0 Å². The number of carbonyl (C=O) groups is 1. The predicted molar refractivity (Wildman–Crippen MR) is 95.5 cm³/mol. The van der Waals surface area contributed by atoms with E-state index in [9.17, 15) is 13.2 Å². The van der Waals surface area contributed by atoms with Gasteiger partial charge in [0.25, 0.3) is 0 Å². The van der Waals surface area contributed by atoms with Crippen LogP contribution in [0.15, 0.2) is 29.2 Å². The first-order valence-electron chi connectivity index (χ1n) is 8.38. The van der Waals surface area contributed by atoms with Crippen LogP contribution in [0.4, 0.5) is 0 Å². The minimum Gasteiger partial charge on any atom is -0.342 e. The monoisotopic (exact) mass is 372 g/mol. The number of benzene rings is 1. The minimum absolute atomic E-state index is 0.104. The lowest BCUT2D eigenvalue weighted by Gasteiger charge is -2.32. The van der Waals surface area contributed by atoms with E-state index in [-0.39, 0.29) is 17.3 Å². The molecule has 1 aliphatic heterocycles. The zero-order valence-corrected chi connectivity index (χ0v) is 15.8. The van der Waals surface area contributed by atoms with Crippen molar-refractivity contribution < 1.29 is 13.2 Å². The summed E-state index contributed by atoms with van der Waals surface area (Å²) in [7, 11) is -3.70. The van der Waals surface area contributed by atoms with Gasteiger partial charge < -0.3 is 4.90 Å². The van der Waals surface area contributed by atoms with Crippen molar-refractivity contribution in [3.05, 3.63) is 29.3 Å². The van der Waals surface area contributed by atoms with E-state index in [1.54, 1.807) is 17.0 Å². The third-order valence-electron chi connectivity index (χ3n) is 4.37. The molecular weight excluding hydrogens is 348 g/mol. The molecule has 0 saturated carbocycles. The smallest absolute Gasteiger partial charge is 0.243 e. The molecule has 2 rings (SSSR count). The van der Waals surface area contributed by atoms with E-state index in [4.69, 9.17) is 11.6 Å². The van der Waals surface area contributed by atoms with Crippen LogP contribution in [0.1, 0.15) is 33.1 Å². The molecule has 1 aliphatic rings. The number of hydrogen-bond acceptors (Lipinski definition) is 3. The van der Waals surface area contributed by atoms with Crippen molar-refractivity contribution in [1.82, 2.24) is 9.21 Å². The highest BCUT2D eigenvalue weighted by molar-refractivity contribution is 7.89. The third kappa shape index (κ3) is 4.71. The average Bonchev–Trinajstić information content (AvgIpc) is 2.55. The van der Waals surface area contributed by atoms with Gasteiger partial charge in [-0.3, -0.25) is 4.79 Å². The Morgan fingerprint density at radius 2 is 1.83 bits per heavy atom. The molecule has 1 aromatic rings. The van der Waals surface area contributed by atoms with Gasteiger partial charge in [0.05, 0.1) is 11.4 Å². The highest BCUT2D eigenvalue weighted by atomic mass is 35.5. The second-order valence-electron chi connectivity index (χ2n) is 6.36. The number of piperidine rings is 1. The van der Waals surface area contributed by atoms with Crippen LogP contribution in [0.3, 0.4) is 0 Å².